The summed E-state index contributed by atoms with van der Waals surface area (Å²) >= 11 is 0.738. The number of hydrogen-bond donors (Lipinski definition) is 1. The Balaban J connectivity index is 1.79. The van der Waals surface area contributed by atoms with Crippen LogP contribution in [0.25, 0.3) is 6.08 Å². The summed E-state index contributed by atoms with van der Waals surface area (Å²) in [7, 11) is 0. The number of halogens is 3. The number of phenols is 1. The number of imide groups is 1. The number of carbonyl (C=O) groups excluding carboxylic acids is 2. The van der Waals surface area contributed by atoms with Crippen LogP contribution in [0.4, 0.5) is 18.0 Å². The molecule has 1 saturated heterocycles. The van der Waals surface area contributed by atoms with Crippen molar-refractivity contribution in [1.29, 1.82) is 0 Å². The first-order valence-corrected chi connectivity index (χ1v) is 9.23. The first-order chi connectivity index (χ1) is 12.3. The highest BCUT2D eigenvalue weighted by Gasteiger charge is 2.37. The van der Waals surface area contributed by atoms with Crippen molar-refractivity contribution >= 4 is 29.0 Å². The molecule has 2 amide bonds. The van der Waals surface area contributed by atoms with Crippen molar-refractivity contribution in [3.05, 3.63) is 34.2 Å². The van der Waals surface area contributed by atoms with Crippen molar-refractivity contribution in [3.63, 3.8) is 0 Å². The number of rotatable bonds is 3. The number of thioether (sulfide) groups is 1. The lowest BCUT2D eigenvalue weighted by atomic mass is 9.89. The highest BCUT2D eigenvalue weighted by atomic mass is 32.2. The van der Waals surface area contributed by atoms with Gasteiger partial charge in [-0.2, -0.15) is 13.2 Å². The van der Waals surface area contributed by atoms with E-state index in [-0.39, 0.29) is 15.7 Å². The van der Waals surface area contributed by atoms with Crippen LogP contribution in [-0.2, 0) is 11.0 Å². The molecular formula is C18H18F3NO3S. The Labute approximate surface area is 153 Å². The molecule has 4 nitrogen and oxygen atoms in total. The first-order valence-electron chi connectivity index (χ1n) is 8.41. The van der Waals surface area contributed by atoms with Crippen molar-refractivity contribution in [2.24, 2.45) is 5.92 Å². The Hall–Kier alpha value is -1.96. The zero-order chi connectivity index (χ0) is 18.9. The van der Waals surface area contributed by atoms with Gasteiger partial charge >= 0.3 is 6.18 Å². The summed E-state index contributed by atoms with van der Waals surface area (Å²) in [5, 5.41) is 8.99. The Morgan fingerprint density at radius 1 is 1.19 bits per heavy atom. The molecule has 0 unspecified atom stereocenters. The standard InChI is InChI=1S/C18H18F3NO3S/c19-18(20,21)13-8-12(6-7-14(13)23)9-15-16(24)22(17(25)26-15)10-11-4-2-1-3-5-11/h6-9,11,23H,1-5,10H2/b15-9+. The minimum absolute atomic E-state index is 0.102. The van der Waals surface area contributed by atoms with Crippen LogP contribution in [0.15, 0.2) is 23.1 Å². The Morgan fingerprint density at radius 3 is 2.54 bits per heavy atom. The van der Waals surface area contributed by atoms with Crippen molar-refractivity contribution in [2.75, 3.05) is 6.54 Å². The van der Waals surface area contributed by atoms with Crippen LogP contribution in [0.5, 0.6) is 5.75 Å². The number of nitrogens with zero attached hydrogens (tertiary/aromatic N) is 1. The topological polar surface area (TPSA) is 57.6 Å². The van der Waals surface area contributed by atoms with E-state index in [2.05, 4.69) is 0 Å². The number of hydrogen-bond acceptors (Lipinski definition) is 4. The summed E-state index contributed by atoms with van der Waals surface area (Å²) in [4.78, 5) is 25.9. The zero-order valence-electron chi connectivity index (χ0n) is 13.9. The third-order valence-corrected chi connectivity index (χ3v) is 5.57. The maximum atomic E-state index is 12.9. The van der Waals surface area contributed by atoms with E-state index < -0.39 is 23.4 Å². The molecule has 26 heavy (non-hydrogen) atoms. The minimum atomic E-state index is -4.70. The molecule has 0 atom stereocenters. The van der Waals surface area contributed by atoms with Crippen LogP contribution >= 0.6 is 11.8 Å². The van der Waals surface area contributed by atoms with Gasteiger partial charge in [0.1, 0.15) is 5.75 Å². The molecule has 1 aromatic carbocycles. The molecule has 0 aromatic heterocycles. The third-order valence-electron chi connectivity index (χ3n) is 4.66. The highest BCUT2D eigenvalue weighted by molar-refractivity contribution is 8.18. The summed E-state index contributed by atoms with van der Waals surface area (Å²) in [6.45, 7) is 0.366. The van der Waals surface area contributed by atoms with Gasteiger partial charge < -0.3 is 5.11 Å². The number of phenolic OH excluding ortho intramolecular Hbond substituents is 1. The summed E-state index contributed by atoms with van der Waals surface area (Å²) in [5.74, 6) is -1.05. The van der Waals surface area contributed by atoms with E-state index in [0.717, 1.165) is 49.6 Å². The number of amides is 2. The lowest BCUT2D eigenvalue weighted by molar-refractivity contribution is -0.138. The van der Waals surface area contributed by atoms with Gasteiger partial charge in [0, 0.05) is 6.54 Å². The predicted octanol–water partition coefficient (Wildman–Crippen LogP) is 5.03. The normalized spacial score (nSPS) is 21.0. The van der Waals surface area contributed by atoms with Gasteiger partial charge in [-0.15, -0.1) is 0 Å². The fourth-order valence-electron chi connectivity index (χ4n) is 3.31. The van der Waals surface area contributed by atoms with E-state index in [1.54, 1.807) is 0 Å². The predicted molar refractivity (Wildman–Crippen MR) is 92.4 cm³/mol. The van der Waals surface area contributed by atoms with Gasteiger partial charge in [0.25, 0.3) is 11.1 Å². The highest BCUT2D eigenvalue weighted by Crippen LogP contribution is 2.38. The molecule has 0 bridgehead atoms. The maximum Gasteiger partial charge on any atom is 0.419 e. The van der Waals surface area contributed by atoms with Crippen molar-refractivity contribution in [2.45, 2.75) is 38.3 Å². The molecule has 1 aliphatic heterocycles. The molecule has 8 heteroatoms. The van der Waals surface area contributed by atoms with Crippen LogP contribution in [0.3, 0.4) is 0 Å². The Morgan fingerprint density at radius 2 is 1.88 bits per heavy atom. The van der Waals surface area contributed by atoms with Crippen LogP contribution in [-0.4, -0.2) is 27.7 Å². The van der Waals surface area contributed by atoms with Crippen LogP contribution in [0.2, 0.25) is 0 Å². The molecule has 1 heterocycles. The lowest BCUT2D eigenvalue weighted by Gasteiger charge is -2.25. The Kier molecular flexibility index (Phi) is 5.32. The summed E-state index contributed by atoms with van der Waals surface area (Å²) in [5.41, 5.74) is -1.06. The summed E-state index contributed by atoms with van der Waals surface area (Å²) in [6, 6.07) is 2.98. The number of carbonyl (C=O) groups is 2. The minimum Gasteiger partial charge on any atom is -0.507 e. The largest absolute Gasteiger partial charge is 0.507 e. The molecular weight excluding hydrogens is 367 g/mol. The first kappa shape index (κ1) is 18.8. The van der Waals surface area contributed by atoms with Gasteiger partial charge in [0.15, 0.2) is 0 Å². The van der Waals surface area contributed by atoms with Gasteiger partial charge in [-0.3, -0.25) is 14.5 Å². The molecule has 2 fully saturated rings. The molecule has 3 rings (SSSR count). The molecule has 1 N–H and O–H groups in total. The van der Waals surface area contributed by atoms with Crippen molar-refractivity contribution < 1.29 is 27.9 Å². The quantitative estimate of drug-likeness (QED) is 0.742. The van der Waals surface area contributed by atoms with Crippen LogP contribution < -0.4 is 0 Å². The fourth-order valence-corrected chi connectivity index (χ4v) is 4.16. The summed E-state index contributed by atoms with van der Waals surface area (Å²) < 4.78 is 38.7. The molecule has 140 valence electrons. The van der Waals surface area contributed by atoms with E-state index in [1.807, 2.05) is 0 Å². The molecule has 2 aliphatic rings. The molecule has 0 radical (unpaired) electrons. The molecule has 1 aromatic rings. The maximum absolute atomic E-state index is 12.9. The van der Waals surface area contributed by atoms with Gasteiger partial charge in [-0.1, -0.05) is 25.3 Å². The SMILES string of the molecule is O=C1S/C(=C/c2ccc(O)c(C(F)(F)F)c2)C(=O)N1CC1CCCCC1. The number of alkyl halides is 3. The average molecular weight is 385 g/mol. The number of aromatic hydroxyl groups is 1. The van der Waals surface area contributed by atoms with E-state index in [4.69, 9.17) is 0 Å². The smallest absolute Gasteiger partial charge is 0.419 e. The monoisotopic (exact) mass is 385 g/mol. The van der Waals surface area contributed by atoms with Gasteiger partial charge in [-0.05, 0) is 54.3 Å². The van der Waals surface area contributed by atoms with E-state index >= 15 is 0 Å². The van der Waals surface area contributed by atoms with E-state index in [9.17, 15) is 27.9 Å². The second kappa shape index (κ2) is 7.34. The van der Waals surface area contributed by atoms with Gasteiger partial charge in [-0.25, -0.2) is 0 Å². The average Bonchev–Trinajstić information content (AvgIpc) is 2.84. The second-order valence-corrected chi connectivity index (χ2v) is 7.56. The molecule has 1 aliphatic carbocycles. The van der Waals surface area contributed by atoms with Gasteiger partial charge in [0.05, 0.1) is 10.5 Å². The van der Waals surface area contributed by atoms with E-state index in [1.165, 1.54) is 23.5 Å². The lowest BCUT2D eigenvalue weighted by Crippen LogP contribution is -2.34. The molecule has 0 spiro atoms. The van der Waals surface area contributed by atoms with E-state index in [0.29, 0.717) is 12.5 Å². The zero-order valence-corrected chi connectivity index (χ0v) is 14.7. The van der Waals surface area contributed by atoms with Crippen molar-refractivity contribution in [3.8, 4) is 5.75 Å². The third kappa shape index (κ3) is 4.06. The van der Waals surface area contributed by atoms with Crippen LogP contribution in [0, 0.1) is 5.92 Å². The fraction of sp³-hybridized carbons (Fsp3) is 0.444. The number of benzene rings is 1. The van der Waals surface area contributed by atoms with Crippen molar-refractivity contribution in [1.82, 2.24) is 4.90 Å². The Bertz CT molecular complexity index is 755. The summed E-state index contributed by atoms with van der Waals surface area (Å²) in [6.07, 6.45) is 1.87. The van der Waals surface area contributed by atoms with Crippen LogP contribution in [0.1, 0.15) is 43.2 Å². The molecule has 1 saturated carbocycles. The second-order valence-electron chi connectivity index (χ2n) is 6.57. The van der Waals surface area contributed by atoms with Gasteiger partial charge in [0.2, 0.25) is 0 Å².